The second-order valence-electron chi connectivity index (χ2n) is 3.84. The molecule has 0 spiro atoms. The normalized spacial score (nSPS) is 13.3. The summed E-state index contributed by atoms with van der Waals surface area (Å²) in [7, 11) is 1.89. The quantitative estimate of drug-likeness (QED) is 0.867. The molecule has 0 saturated heterocycles. The highest BCUT2D eigenvalue weighted by Gasteiger charge is 2.18. The third-order valence-corrected chi connectivity index (χ3v) is 3.45. The largest absolute Gasteiger partial charge is 0.457 e. The van der Waals surface area contributed by atoms with E-state index in [1.54, 1.807) is 12.1 Å². The fourth-order valence-corrected chi connectivity index (χ4v) is 2.32. The molecule has 0 aliphatic carbocycles. The highest BCUT2D eigenvalue weighted by Crippen LogP contribution is 2.37. The molecule has 0 saturated carbocycles. The predicted molar refractivity (Wildman–Crippen MR) is 68.4 cm³/mol. The average molecular weight is 258 g/mol. The van der Waals surface area contributed by atoms with E-state index in [0.717, 1.165) is 16.7 Å². The van der Waals surface area contributed by atoms with Crippen molar-refractivity contribution < 1.29 is 4.42 Å². The van der Waals surface area contributed by atoms with Gasteiger partial charge >= 0.3 is 0 Å². The zero-order chi connectivity index (χ0) is 11.9. The van der Waals surface area contributed by atoms with Gasteiger partial charge in [0.05, 0.1) is 16.1 Å². The molecule has 0 bridgehead atoms. The van der Waals surface area contributed by atoms with E-state index in [2.05, 4.69) is 5.32 Å². The van der Waals surface area contributed by atoms with Crippen LogP contribution in [-0.4, -0.2) is 7.05 Å². The van der Waals surface area contributed by atoms with Gasteiger partial charge < -0.3 is 9.73 Å². The van der Waals surface area contributed by atoms with Crippen LogP contribution in [0, 0.1) is 6.92 Å². The van der Waals surface area contributed by atoms with Crippen molar-refractivity contribution in [2.75, 3.05) is 7.05 Å². The molecule has 4 heteroatoms. The molecule has 0 aliphatic rings. The van der Waals surface area contributed by atoms with Crippen LogP contribution in [-0.2, 0) is 0 Å². The van der Waals surface area contributed by atoms with Gasteiger partial charge in [-0.1, -0.05) is 23.2 Å². The molecule has 0 fully saturated rings. The molecule has 16 heavy (non-hydrogen) atoms. The SMILES string of the molecule is CNC(C)c1oc2c(Cl)ccc(Cl)c2c1C. The third-order valence-electron chi connectivity index (χ3n) is 2.84. The maximum atomic E-state index is 6.16. The van der Waals surface area contributed by atoms with E-state index in [0.29, 0.717) is 15.6 Å². The van der Waals surface area contributed by atoms with Gasteiger partial charge in [0, 0.05) is 10.9 Å². The van der Waals surface area contributed by atoms with Gasteiger partial charge in [0.25, 0.3) is 0 Å². The number of rotatable bonds is 2. The summed E-state index contributed by atoms with van der Waals surface area (Å²) in [5.41, 5.74) is 1.72. The molecule has 1 aromatic carbocycles. The van der Waals surface area contributed by atoms with Gasteiger partial charge in [-0.3, -0.25) is 0 Å². The number of benzene rings is 1. The van der Waals surface area contributed by atoms with Crippen LogP contribution in [0.4, 0.5) is 0 Å². The molecule has 1 aromatic heterocycles. The minimum Gasteiger partial charge on any atom is -0.457 e. The zero-order valence-electron chi connectivity index (χ0n) is 9.40. The van der Waals surface area contributed by atoms with Crippen LogP contribution >= 0.6 is 23.2 Å². The molecule has 86 valence electrons. The summed E-state index contributed by atoms with van der Waals surface area (Å²) in [4.78, 5) is 0. The summed E-state index contributed by atoms with van der Waals surface area (Å²) in [6.07, 6.45) is 0. The first-order valence-corrected chi connectivity index (χ1v) is 5.86. The van der Waals surface area contributed by atoms with E-state index in [4.69, 9.17) is 27.6 Å². The van der Waals surface area contributed by atoms with Crippen molar-refractivity contribution in [2.45, 2.75) is 19.9 Å². The second-order valence-corrected chi connectivity index (χ2v) is 4.65. The highest BCUT2D eigenvalue weighted by molar-refractivity contribution is 6.40. The van der Waals surface area contributed by atoms with Crippen molar-refractivity contribution >= 4 is 34.2 Å². The monoisotopic (exact) mass is 257 g/mol. The highest BCUT2D eigenvalue weighted by atomic mass is 35.5. The van der Waals surface area contributed by atoms with E-state index >= 15 is 0 Å². The Bertz CT molecular complexity index is 533. The Morgan fingerprint density at radius 2 is 1.88 bits per heavy atom. The lowest BCUT2D eigenvalue weighted by molar-refractivity contribution is 0.471. The van der Waals surface area contributed by atoms with Gasteiger partial charge in [0.15, 0.2) is 5.58 Å². The van der Waals surface area contributed by atoms with Crippen LogP contribution in [0.3, 0.4) is 0 Å². The summed E-state index contributed by atoms with van der Waals surface area (Å²) >= 11 is 12.2. The fraction of sp³-hybridized carbons (Fsp3) is 0.333. The number of aryl methyl sites for hydroxylation is 1. The Morgan fingerprint density at radius 3 is 2.44 bits per heavy atom. The second kappa shape index (κ2) is 4.28. The Hall–Kier alpha value is -0.700. The first kappa shape index (κ1) is 11.8. The average Bonchev–Trinajstić information content (AvgIpc) is 2.62. The lowest BCUT2D eigenvalue weighted by atomic mass is 10.1. The molecule has 0 radical (unpaired) electrons. The molecule has 1 N–H and O–H groups in total. The number of hydrogen-bond acceptors (Lipinski definition) is 2. The van der Waals surface area contributed by atoms with Crippen LogP contribution in [0.2, 0.25) is 10.0 Å². The topological polar surface area (TPSA) is 25.2 Å². The van der Waals surface area contributed by atoms with Crippen molar-refractivity contribution in [1.29, 1.82) is 0 Å². The Labute approximate surface area is 105 Å². The molecular formula is C12H13Cl2NO. The van der Waals surface area contributed by atoms with Gasteiger partial charge in [-0.05, 0) is 33.0 Å². The maximum Gasteiger partial charge on any atom is 0.154 e. The Morgan fingerprint density at radius 1 is 1.25 bits per heavy atom. The minimum atomic E-state index is 0.138. The van der Waals surface area contributed by atoms with E-state index < -0.39 is 0 Å². The molecule has 2 rings (SSSR count). The van der Waals surface area contributed by atoms with E-state index in [-0.39, 0.29) is 6.04 Å². The van der Waals surface area contributed by atoms with Crippen LogP contribution < -0.4 is 5.32 Å². The van der Waals surface area contributed by atoms with Crippen LogP contribution in [0.5, 0.6) is 0 Å². The Balaban J connectivity index is 2.77. The molecule has 0 amide bonds. The molecule has 2 nitrogen and oxygen atoms in total. The third kappa shape index (κ3) is 1.71. The zero-order valence-corrected chi connectivity index (χ0v) is 10.9. The maximum absolute atomic E-state index is 6.16. The van der Waals surface area contributed by atoms with Gasteiger partial charge in [0.1, 0.15) is 5.76 Å². The molecule has 1 heterocycles. The lowest BCUT2D eigenvalue weighted by Gasteiger charge is -2.06. The molecule has 1 atom stereocenters. The number of halogens is 2. The fourth-order valence-electron chi connectivity index (χ4n) is 1.84. The lowest BCUT2D eigenvalue weighted by Crippen LogP contribution is -2.12. The molecule has 2 aromatic rings. The van der Waals surface area contributed by atoms with Gasteiger partial charge in [0.2, 0.25) is 0 Å². The van der Waals surface area contributed by atoms with Gasteiger partial charge in [-0.15, -0.1) is 0 Å². The number of hydrogen-bond donors (Lipinski definition) is 1. The predicted octanol–water partition coefficient (Wildman–Crippen LogP) is 4.33. The van der Waals surface area contributed by atoms with E-state index in [1.807, 2.05) is 20.9 Å². The summed E-state index contributed by atoms with van der Waals surface area (Å²) < 4.78 is 5.78. The first-order chi connectivity index (χ1) is 7.56. The van der Waals surface area contributed by atoms with Crippen molar-refractivity contribution in [3.8, 4) is 0 Å². The molecular weight excluding hydrogens is 245 g/mol. The van der Waals surface area contributed by atoms with Crippen LogP contribution in [0.15, 0.2) is 16.5 Å². The standard InChI is InChI=1S/C12H13Cl2NO/c1-6-10-8(13)4-5-9(14)12(10)16-11(6)7(2)15-3/h4-5,7,15H,1-3H3. The summed E-state index contributed by atoms with van der Waals surface area (Å²) in [5, 5.41) is 5.32. The molecule has 0 aliphatic heterocycles. The summed E-state index contributed by atoms with van der Waals surface area (Å²) in [6.45, 7) is 4.03. The van der Waals surface area contributed by atoms with Crippen molar-refractivity contribution in [1.82, 2.24) is 5.32 Å². The van der Waals surface area contributed by atoms with E-state index in [9.17, 15) is 0 Å². The first-order valence-electron chi connectivity index (χ1n) is 5.10. The van der Waals surface area contributed by atoms with Crippen molar-refractivity contribution in [3.63, 3.8) is 0 Å². The molecule has 1 unspecified atom stereocenters. The van der Waals surface area contributed by atoms with Gasteiger partial charge in [-0.25, -0.2) is 0 Å². The van der Waals surface area contributed by atoms with E-state index in [1.165, 1.54) is 0 Å². The summed E-state index contributed by atoms with van der Waals surface area (Å²) in [6, 6.07) is 3.69. The summed E-state index contributed by atoms with van der Waals surface area (Å²) in [5.74, 6) is 0.882. The minimum absolute atomic E-state index is 0.138. The number of nitrogens with one attached hydrogen (secondary N) is 1. The number of furan rings is 1. The van der Waals surface area contributed by atoms with Crippen LogP contribution in [0.1, 0.15) is 24.3 Å². The smallest absolute Gasteiger partial charge is 0.154 e. The number of fused-ring (bicyclic) bond motifs is 1. The van der Waals surface area contributed by atoms with Gasteiger partial charge in [-0.2, -0.15) is 0 Å². The van der Waals surface area contributed by atoms with Crippen LogP contribution in [0.25, 0.3) is 11.0 Å². The van der Waals surface area contributed by atoms with Crippen molar-refractivity contribution in [3.05, 3.63) is 33.5 Å². The van der Waals surface area contributed by atoms with Crippen molar-refractivity contribution in [2.24, 2.45) is 0 Å². The Kier molecular flexibility index (Phi) is 3.15.